The molecule has 2 rings (SSSR count). The van der Waals surface area contributed by atoms with Gasteiger partial charge < -0.3 is 5.11 Å². The Labute approximate surface area is 87.9 Å². The summed E-state index contributed by atoms with van der Waals surface area (Å²) in [5, 5.41) is 16.0. The summed E-state index contributed by atoms with van der Waals surface area (Å²) in [7, 11) is 0. The molecule has 0 fully saturated rings. The Bertz CT molecular complexity index is 540. The number of rotatable bonds is 2. The maximum Gasteiger partial charge on any atom is 0.338 e. The van der Waals surface area contributed by atoms with Crippen LogP contribution in [0.1, 0.15) is 10.4 Å². The summed E-state index contributed by atoms with van der Waals surface area (Å²) >= 11 is 0. The largest absolute Gasteiger partial charge is 0.478 e. The fourth-order valence-corrected chi connectivity index (χ4v) is 1.24. The van der Waals surface area contributed by atoms with E-state index in [1.807, 2.05) is 0 Å². The molecule has 0 saturated heterocycles. The summed E-state index contributed by atoms with van der Waals surface area (Å²) in [5.74, 6) is -3.83. The lowest BCUT2D eigenvalue weighted by Gasteiger charge is -2.06. The number of hydrogen-bond acceptors (Lipinski definition) is 3. The fraction of sp³-hybridized carbons (Fsp3) is 0. The maximum absolute atomic E-state index is 13.4. The number of aromatic carboxylic acids is 1. The number of halogens is 2. The second kappa shape index (κ2) is 3.69. The highest BCUT2D eigenvalue weighted by molar-refractivity contribution is 5.91. The molecular weight excluding hydrogens is 220 g/mol. The minimum absolute atomic E-state index is 0.407. The van der Waals surface area contributed by atoms with Crippen molar-refractivity contribution in [2.75, 3.05) is 0 Å². The van der Waals surface area contributed by atoms with Gasteiger partial charge >= 0.3 is 5.97 Å². The Morgan fingerprint density at radius 2 is 1.88 bits per heavy atom. The predicted octanol–water partition coefficient (Wildman–Crippen LogP) is 1.24. The minimum Gasteiger partial charge on any atom is -0.478 e. The third-order valence-electron chi connectivity index (χ3n) is 1.92. The van der Waals surface area contributed by atoms with Crippen LogP contribution < -0.4 is 0 Å². The molecule has 0 bridgehead atoms. The summed E-state index contributed by atoms with van der Waals surface area (Å²) in [6.45, 7) is 0. The lowest BCUT2D eigenvalue weighted by Crippen LogP contribution is -2.11. The van der Waals surface area contributed by atoms with Crippen LogP contribution in [0.5, 0.6) is 0 Å². The Morgan fingerprint density at radius 3 is 2.44 bits per heavy atom. The number of hydrogen-bond donors (Lipinski definition) is 1. The fourth-order valence-electron chi connectivity index (χ4n) is 1.24. The molecule has 82 valence electrons. The zero-order valence-corrected chi connectivity index (χ0v) is 7.76. The summed E-state index contributed by atoms with van der Waals surface area (Å²) in [5.41, 5.74) is -0.924. The van der Waals surface area contributed by atoms with Crippen LogP contribution in [0.25, 0.3) is 5.69 Å². The summed E-state index contributed by atoms with van der Waals surface area (Å²) in [4.78, 5) is 11.5. The van der Waals surface area contributed by atoms with Crippen LogP contribution in [0.2, 0.25) is 0 Å². The summed E-state index contributed by atoms with van der Waals surface area (Å²) < 4.78 is 26.4. The van der Waals surface area contributed by atoms with Crippen molar-refractivity contribution < 1.29 is 18.7 Å². The van der Waals surface area contributed by atoms with Crippen molar-refractivity contribution in [2.45, 2.75) is 0 Å². The second-order valence-corrected chi connectivity index (χ2v) is 2.88. The van der Waals surface area contributed by atoms with Gasteiger partial charge in [-0.3, -0.25) is 0 Å². The van der Waals surface area contributed by atoms with Crippen molar-refractivity contribution in [2.24, 2.45) is 0 Å². The molecule has 0 saturated carbocycles. The number of nitrogens with zero attached hydrogens (tertiary/aromatic N) is 3. The molecule has 0 aliphatic heterocycles. The van der Waals surface area contributed by atoms with E-state index >= 15 is 0 Å². The molecule has 0 aliphatic carbocycles. The summed E-state index contributed by atoms with van der Waals surface area (Å²) in [6.07, 6.45) is 2.46. The van der Waals surface area contributed by atoms with Crippen molar-refractivity contribution in [1.82, 2.24) is 15.0 Å². The third kappa shape index (κ3) is 1.52. The van der Waals surface area contributed by atoms with Crippen molar-refractivity contribution in [3.8, 4) is 5.69 Å². The lowest BCUT2D eigenvalue weighted by atomic mass is 10.1. The molecule has 0 spiro atoms. The van der Waals surface area contributed by atoms with Crippen LogP contribution >= 0.6 is 0 Å². The van der Waals surface area contributed by atoms with E-state index in [0.717, 1.165) is 16.9 Å². The Kier molecular flexibility index (Phi) is 2.35. The molecule has 2 aromatic rings. The SMILES string of the molecule is O=C(O)c1ccc(F)c(F)c1-n1nccn1. The van der Waals surface area contributed by atoms with Crippen LogP contribution in [0.3, 0.4) is 0 Å². The first kappa shape index (κ1) is 10.2. The first-order valence-corrected chi connectivity index (χ1v) is 4.19. The molecule has 5 nitrogen and oxygen atoms in total. The van der Waals surface area contributed by atoms with Gasteiger partial charge in [0.1, 0.15) is 5.69 Å². The van der Waals surface area contributed by atoms with Crippen LogP contribution in [-0.2, 0) is 0 Å². The van der Waals surface area contributed by atoms with Gasteiger partial charge in [0, 0.05) is 0 Å². The van der Waals surface area contributed by atoms with Gasteiger partial charge in [-0.15, -0.1) is 4.80 Å². The molecule has 1 aromatic carbocycles. The van der Waals surface area contributed by atoms with E-state index < -0.39 is 28.9 Å². The standard InChI is InChI=1S/C9H5F2N3O2/c10-6-2-1-5(9(15)16)8(7(6)11)14-12-3-4-13-14/h1-4H,(H,15,16). The van der Waals surface area contributed by atoms with E-state index in [1.54, 1.807) is 0 Å². The van der Waals surface area contributed by atoms with Gasteiger partial charge in [-0.05, 0) is 12.1 Å². The topological polar surface area (TPSA) is 68.0 Å². The average Bonchev–Trinajstić information content (AvgIpc) is 2.74. The van der Waals surface area contributed by atoms with Gasteiger partial charge in [-0.1, -0.05) is 0 Å². The number of carboxylic acids is 1. The first-order valence-electron chi connectivity index (χ1n) is 4.19. The average molecular weight is 225 g/mol. The molecule has 0 unspecified atom stereocenters. The van der Waals surface area contributed by atoms with Crippen LogP contribution in [0, 0.1) is 11.6 Å². The third-order valence-corrected chi connectivity index (χ3v) is 1.92. The number of carbonyl (C=O) groups is 1. The predicted molar refractivity (Wildman–Crippen MR) is 48.2 cm³/mol. The molecule has 0 radical (unpaired) electrons. The van der Waals surface area contributed by atoms with Crippen LogP contribution in [0.4, 0.5) is 8.78 Å². The second-order valence-electron chi connectivity index (χ2n) is 2.88. The lowest BCUT2D eigenvalue weighted by molar-refractivity contribution is 0.0696. The van der Waals surface area contributed by atoms with Gasteiger partial charge in [0.15, 0.2) is 11.6 Å². The van der Waals surface area contributed by atoms with Crippen molar-refractivity contribution in [1.29, 1.82) is 0 Å². The van der Waals surface area contributed by atoms with Gasteiger partial charge in [-0.25, -0.2) is 13.6 Å². The van der Waals surface area contributed by atoms with Crippen molar-refractivity contribution in [3.63, 3.8) is 0 Å². The van der Waals surface area contributed by atoms with Gasteiger partial charge in [-0.2, -0.15) is 10.2 Å². The van der Waals surface area contributed by atoms with Gasteiger partial charge in [0.25, 0.3) is 0 Å². The molecule has 0 amide bonds. The highest BCUT2D eigenvalue weighted by Crippen LogP contribution is 2.19. The van der Waals surface area contributed by atoms with Crippen molar-refractivity contribution >= 4 is 5.97 Å². The van der Waals surface area contributed by atoms with E-state index in [4.69, 9.17) is 5.11 Å². The van der Waals surface area contributed by atoms with Crippen molar-refractivity contribution in [3.05, 3.63) is 41.7 Å². The Morgan fingerprint density at radius 1 is 1.25 bits per heavy atom. The van der Waals surface area contributed by atoms with E-state index in [9.17, 15) is 13.6 Å². The molecule has 1 aromatic heterocycles. The first-order chi connectivity index (χ1) is 7.61. The van der Waals surface area contributed by atoms with Gasteiger partial charge in [0.05, 0.1) is 18.0 Å². The Hall–Kier alpha value is -2.31. The molecular formula is C9H5F2N3O2. The molecule has 7 heteroatoms. The number of carboxylic acid groups (broad SMARTS) is 1. The molecule has 1 heterocycles. The summed E-state index contributed by atoms with van der Waals surface area (Å²) in [6, 6.07) is 1.70. The molecule has 16 heavy (non-hydrogen) atoms. The van der Waals surface area contributed by atoms with E-state index in [2.05, 4.69) is 10.2 Å². The normalized spacial score (nSPS) is 10.4. The smallest absolute Gasteiger partial charge is 0.338 e. The van der Waals surface area contributed by atoms with Gasteiger partial charge in [0.2, 0.25) is 0 Å². The van der Waals surface area contributed by atoms with E-state index in [1.165, 1.54) is 12.4 Å². The van der Waals surface area contributed by atoms with E-state index in [0.29, 0.717) is 0 Å². The maximum atomic E-state index is 13.4. The highest BCUT2D eigenvalue weighted by atomic mass is 19.2. The number of benzene rings is 1. The molecule has 0 aliphatic rings. The quantitative estimate of drug-likeness (QED) is 0.834. The Balaban J connectivity index is 2.74. The van der Waals surface area contributed by atoms with Crippen LogP contribution in [0.15, 0.2) is 24.5 Å². The zero-order chi connectivity index (χ0) is 11.7. The minimum atomic E-state index is -1.38. The zero-order valence-electron chi connectivity index (χ0n) is 7.76. The molecule has 0 atom stereocenters. The molecule has 1 N–H and O–H groups in total. The number of aromatic nitrogens is 3. The van der Waals surface area contributed by atoms with E-state index in [-0.39, 0.29) is 0 Å². The monoisotopic (exact) mass is 225 g/mol. The van der Waals surface area contributed by atoms with Crippen LogP contribution in [-0.4, -0.2) is 26.1 Å². The highest BCUT2D eigenvalue weighted by Gasteiger charge is 2.20.